The molecule has 1 fully saturated rings. The number of esters is 1. The number of nitrogens with one attached hydrogen (secondary N) is 1. The van der Waals surface area contributed by atoms with E-state index in [1.807, 2.05) is 0 Å². The van der Waals surface area contributed by atoms with Crippen LogP contribution in [0.3, 0.4) is 0 Å². The van der Waals surface area contributed by atoms with Gasteiger partial charge in [-0.3, -0.25) is 4.79 Å². The summed E-state index contributed by atoms with van der Waals surface area (Å²) in [6, 6.07) is 5.85. The molecule has 0 bridgehead atoms. The number of rotatable bonds is 8. The average Bonchev–Trinajstić information content (AvgIpc) is 3.15. The third-order valence-corrected chi connectivity index (χ3v) is 6.81. The van der Waals surface area contributed by atoms with Gasteiger partial charge in [0.15, 0.2) is 6.10 Å². The smallest absolute Gasteiger partial charge is 0.338 e. The first-order chi connectivity index (χ1) is 12.8. The molecule has 1 aliphatic carbocycles. The first-order valence-electron chi connectivity index (χ1n) is 9.41. The minimum absolute atomic E-state index is 0.0312. The Kier molecular flexibility index (Phi) is 7.38. The monoisotopic (exact) mass is 396 g/mol. The summed E-state index contributed by atoms with van der Waals surface area (Å²) in [4.78, 5) is 24.6. The number of sulfonamides is 1. The van der Waals surface area contributed by atoms with E-state index in [9.17, 15) is 18.0 Å². The maximum atomic E-state index is 12.6. The Labute approximate surface area is 161 Å². The molecule has 0 aliphatic heterocycles. The number of carbonyl (C=O) groups is 2. The van der Waals surface area contributed by atoms with Crippen LogP contribution >= 0.6 is 0 Å². The van der Waals surface area contributed by atoms with E-state index in [-0.39, 0.29) is 22.4 Å². The van der Waals surface area contributed by atoms with Crippen molar-refractivity contribution in [2.24, 2.45) is 0 Å². The van der Waals surface area contributed by atoms with Gasteiger partial charge in [-0.1, -0.05) is 32.8 Å². The van der Waals surface area contributed by atoms with Gasteiger partial charge in [0.05, 0.1) is 10.5 Å². The van der Waals surface area contributed by atoms with E-state index in [2.05, 4.69) is 5.32 Å². The molecule has 0 saturated heterocycles. The summed E-state index contributed by atoms with van der Waals surface area (Å²) in [5.41, 5.74) is 0.101. The summed E-state index contributed by atoms with van der Waals surface area (Å²) < 4.78 is 31.7. The van der Waals surface area contributed by atoms with Crippen LogP contribution in [0.2, 0.25) is 0 Å². The predicted molar refractivity (Wildman–Crippen MR) is 102 cm³/mol. The molecule has 0 radical (unpaired) electrons. The van der Waals surface area contributed by atoms with Crippen molar-refractivity contribution >= 4 is 21.9 Å². The molecule has 150 valence electrons. The van der Waals surface area contributed by atoms with E-state index >= 15 is 0 Å². The third kappa shape index (κ3) is 5.29. The number of benzene rings is 1. The molecule has 8 heteroatoms. The molecule has 1 aromatic carbocycles. The van der Waals surface area contributed by atoms with Crippen LogP contribution in [0.5, 0.6) is 0 Å². The van der Waals surface area contributed by atoms with Gasteiger partial charge in [-0.05, 0) is 38.0 Å². The van der Waals surface area contributed by atoms with Crippen molar-refractivity contribution in [2.45, 2.75) is 63.5 Å². The van der Waals surface area contributed by atoms with E-state index in [1.165, 1.54) is 35.5 Å². The second-order valence-corrected chi connectivity index (χ2v) is 8.59. The molecule has 1 aromatic rings. The van der Waals surface area contributed by atoms with E-state index in [0.29, 0.717) is 13.1 Å². The summed E-state index contributed by atoms with van der Waals surface area (Å²) in [7, 11) is -3.67. The number of hydrogen-bond donors (Lipinski definition) is 1. The molecule has 2 rings (SSSR count). The van der Waals surface area contributed by atoms with Crippen molar-refractivity contribution in [2.75, 3.05) is 13.1 Å². The zero-order chi connectivity index (χ0) is 20.0. The molecule has 1 unspecified atom stereocenters. The number of hydrogen-bond acceptors (Lipinski definition) is 5. The van der Waals surface area contributed by atoms with Crippen molar-refractivity contribution in [3.63, 3.8) is 0 Å². The predicted octanol–water partition coefficient (Wildman–Crippen LogP) is 2.32. The number of carbonyl (C=O) groups excluding carboxylic acids is 2. The molecule has 1 atom stereocenters. The molecule has 1 amide bonds. The largest absolute Gasteiger partial charge is 0.449 e. The lowest BCUT2D eigenvalue weighted by molar-refractivity contribution is -0.129. The summed E-state index contributed by atoms with van der Waals surface area (Å²) in [6.45, 7) is 5.70. The third-order valence-electron chi connectivity index (χ3n) is 4.77. The van der Waals surface area contributed by atoms with Crippen molar-refractivity contribution in [3.05, 3.63) is 29.8 Å². The van der Waals surface area contributed by atoms with Crippen molar-refractivity contribution < 1.29 is 22.7 Å². The van der Waals surface area contributed by atoms with Gasteiger partial charge in [0.2, 0.25) is 10.0 Å². The Morgan fingerprint density at radius 3 is 2.44 bits per heavy atom. The van der Waals surface area contributed by atoms with Gasteiger partial charge < -0.3 is 10.1 Å². The van der Waals surface area contributed by atoms with Gasteiger partial charge in [0.1, 0.15) is 0 Å². The normalized spacial score (nSPS) is 16.3. The van der Waals surface area contributed by atoms with Crippen LogP contribution in [-0.2, 0) is 19.6 Å². The zero-order valence-corrected chi connectivity index (χ0v) is 16.9. The highest BCUT2D eigenvalue weighted by molar-refractivity contribution is 7.89. The lowest BCUT2D eigenvalue weighted by Gasteiger charge is -2.19. The minimum atomic E-state index is -3.67. The van der Waals surface area contributed by atoms with Crippen LogP contribution in [0.15, 0.2) is 29.2 Å². The fraction of sp³-hybridized carbons (Fsp3) is 0.579. The molecule has 27 heavy (non-hydrogen) atoms. The first-order valence-corrected chi connectivity index (χ1v) is 10.8. The van der Waals surface area contributed by atoms with Gasteiger partial charge in [-0.25, -0.2) is 13.2 Å². The van der Waals surface area contributed by atoms with Crippen molar-refractivity contribution in [1.29, 1.82) is 0 Å². The SMILES string of the molecule is CCN(CC)S(=O)(=O)c1cccc(C(=O)OC(C)C(=O)NC2CCCC2)c1. The number of amides is 1. The number of ether oxygens (including phenoxy) is 1. The Hall–Kier alpha value is -1.93. The van der Waals surface area contributed by atoms with Crippen LogP contribution in [-0.4, -0.2) is 49.8 Å². The lowest BCUT2D eigenvalue weighted by Crippen LogP contribution is -2.40. The second-order valence-electron chi connectivity index (χ2n) is 6.65. The maximum absolute atomic E-state index is 12.6. The standard InChI is InChI=1S/C19H28N2O5S/c1-4-21(5-2)27(24,25)17-12-8-9-15(13-17)19(23)26-14(3)18(22)20-16-10-6-7-11-16/h8-9,12-14,16H,4-7,10-11H2,1-3H3,(H,20,22). The highest BCUT2D eigenvalue weighted by Gasteiger charge is 2.25. The fourth-order valence-electron chi connectivity index (χ4n) is 3.17. The summed E-state index contributed by atoms with van der Waals surface area (Å²) in [5, 5.41) is 2.88. The van der Waals surface area contributed by atoms with Gasteiger partial charge in [-0.15, -0.1) is 0 Å². The Balaban J connectivity index is 2.07. The molecule has 7 nitrogen and oxygen atoms in total. The lowest BCUT2D eigenvalue weighted by atomic mass is 10.2. The summed E-state index contributed by atoms with van der Waals surface area (Å²) in [5.74, 6) is -1.05. The fourth-order valence-corrected chi connectivity index (χ4v) is 4.67. The highest BCUT2D eigenvalue weighted by Crippen LogP contribution is 2.19. The van der Waals surface area contributed by atoms with Crippen LogP contribution < -0.4 is 5.32 Å². The topological polar surface area (TPSA) is 92.8 Å². The van der Waals surface area contributed by atoms with E-state index in [4.69, 9.17) is 4.74 Å². The Morgan fingerprint density at radius 2 is 1.85 bits per heavy atom. The van der Waals surface area contributed by atoms with E-state index in [1.54, 1.807) is 13.8 Å². The highest BCUT2D eigenvalue weighted by atomic mass is 32.2. The molecule has 0 spiro atoms. The van der Waals surface area contributed by atoms with Crippen molar-refractivity contribution in [3.8, 4) is 0 Å². The summed E-state index contributed by atoms with van der Waals surface area (Å²) in [6.07, 6.45) is 3.12. The van der Waals surface area contributed by atoms with Crippen LogP contribution in [0.1, 0.15) is 56.8 Å². The second kappa shape index (κ2) is 9.32. The van der Waals surface area contributed by atoms with Crippen molar-refractivity contribution in [1.82, 2.24) is 9.62 Å². The van der Waals surface area contributed by atoms with E-state index < -0.39 is 22.1 Å². The first kappa shape index (κ1) is 21.4. The molecule has 0 aromatic heterocycles. The minimum Gasteiger partial charge on any atom is -0.449 e. The van der Waals surface area contributed by atoms with Crippen LogP contribution in [0, 0.1) is 0 Å². The molecule has 0 heterocycles. The average molecular weight is 397 g/mol. The van der Waals surface area contributed by atoms with Crippen LogP contribution in [0.25, 0.3) is 0 Å². The van der Waals surface area contributed by atoms with Gasteiger partial charge in [-0.2, -0.15) is 4.31 Å². The maximum Gasteiger partial charge on any atom is 0.338 e. The molecular weight excluding hydrogens is 368 g/mol. The zero-order valence-electron chi connectivity index (χ0n) is 16.1. The van der Waals surface area contributed by atoms with Gasteiger partial charge in [0.25, 0.3) is 5.91 Å². The quantitative estimate of drug-likeness (QED) is 0.681. The van der Waals surface area contributed by atoms with Gasteiger partial charge in [0, 0.05) is 19.1 Å². The molecule has 1 saturated carbocycles. The molecular formula is C19H28N2O5S. The Morgan fingerprint density at radius 1 is 1.22 bits per heavy atom. The van der Waals surface area contributed by atoms with E-state index in [0.717, 1.165) is 25.7 Å². The summed E-state index contributed by atoms with van der Waals surface area (Å²) >= 11 is 0. The number of nitrogens with zero attached hydrogens (tertiary/aromatic N) is 1. The van der Waals surface area contributed by atoms with Crippen LogP contribution in [0.4, 0.5) is 0 Å². The molecule has 1 N–H and O–H groups in total. The molecule has 1 aliphatic rings. The Bertz CT molecular complexity index is 768. The van der Waals surface area contributed by atoms with Gasteiger partial charge >= 0.3 is 5.97 Å².